The number of amidine groups is 1. The van der Waals surface area contributed by atoms with Gasteiger partial charge < -0.3 is 10.2 Å². The van der Waals surface area contributed by atoms with Crippen molar-refractivity contribution in [2.75, 3.05) is 19.0 Å². The lowest BCUT2D eigenvalue weighted by molar-refractivity contribution is -0.118. The van der Waals surface area contributed by atoms with Gasteiger partial charge in [0.1, 0.15) is 0 Å². The SMILES string of the molecule is CN(C)c1ccc(/C=N\N=C2/NC(=O)C(Cc3cc(Cl)ccc3Cl)S2)cc1. The quantitative estimate of drug-likeness (QED) is 0.581. The largest absolute Gasteiger partial charge is 0.378 e. The van der Waals surface area contributed by atoms with E-state index in [0.29, 0.717) is 21.6 Å². The Kier molecular flexibility index (Phi) is 6.42. The van der Waals surface area contributed by atoms with Gasteiger partial charge in [0.25, 0.3) is 0 Å². The summed E-state index contributed by atoms with van der Waals surface area (Å²) in [5, 5.41) is 12.3. The Labute approximate surface area is 172 Å². The second-order valence-electron chi connectivity index (χ2n) is 6.17. The minimum Gasteiger partial charge on any atom is -0.378 e. The number of carbonyl (C=O) groups excluding carboxylic acids is 1. The van der Waals surface area contributed by atoms with E-state index in [4.69, 9.17) is 23.2 Å². The van der Waals surface area contributed by atoms with Gasteiger partial charge in [-0.2, -0.15) is 5.10 Å². The summed E-state index contributed by atoms with van der Waals surface area (Å²) in [5.41, 5.74) is 2.88. The van der Waals surface area contributed by atoms with Crippen LogP contribution in [0.15, 0.2) is 52.7 Å². The van der Waals surface area contributed by atoms with Gasteiger partial charge in [0.15, 0.2) is 5.17 Å². The topological polar surface area (TPSA) is 57.1 Å². The van der Waals surface area contributed by atoms with Crippen molar-refractivity contribution in [3.63, 3.8) is 0 Å². The van der Waals surface area contributed by atoms with Crippen LogP contribution in [0.25, 0.3) is 0 Å². The minimum atomic E-state index is -0.311. The van der Waals surface area contributed by atoms with Gasteiger partial charge in [-0.3, -0.25) is 4.79 Å². The van der Waals surface area contributed by atoms with Crippen LogP contribution in [-0.2, 0) is 11.2 Å². The number of rotatable bonds is 5. The fraction of sp³-hybridized carbons (Fsp3) is 0.211. The van der Waals surface area contributed by atoms with Crippen LogP contribution in [0.5, 0.6) is 0 Å². The predicted molar refractivity (Wildman–Crippen MR) is 115 cm³/mol. The van der Waals surface area contributed by atoms with Gasteiger partial charge in [0.2, 0.25) is 5.91 Å². The number of halogens is 2. The molecule has 0 aliphatic carbocycles. The molecule has 1 fully saturated rings. The van der Waals surface area contributed by atoms with Crippen molar-refractivity contribution in [1.29, 1.82) is 0 Å². The van der Waals surface area contributed by atoms with E-state index >= 15 is 0 Å². The molecule has 1 heterocycles. The predicted octanol–water partition coefficient (Wildman–Crippen LogP) is 4.22. The van der Waals surface area contributed by atoms with Crippen molar-refractivity contribution in [1.82, 2.24) is 5.32 Å². The summed E-state index contributed by atoms with van der Waals surface area (Å²) >= 11 is 13.5. The molecule has 2 aromatic carbocycles. The Morgan fingerprint density at radius 2 is 1.93 bits per heavy atom. The van der Waals surface area contributed by atoms with Crippen LogP contribution in [-0.4, -0.2) is 36.6 Å². The summed E-state index contributed by atoms with van der Waals surface area (Å²) in [7, 11) is 3.98. The molecule has 1 atom stereocenters. The maximum atomic E-state index is 12.2. The Morgan fingerprint density at radius 1 is 1.19 bits per heavy atom. The highest BCUT2D eigenvalue weighted by molar-refractivity contribution is 8.15. The normalized spacial score (nSPS) is 18.3. The molecule has 0 radical (unpaired) electrons. The number of thioether (sulfide) groups is 1. The highest BCUT2D eigenvalue weighted by atomic mass is 35.5. The number of nitrogens with zero attached hydrogens (tertiary/aromatic N) is 3. The van der Waals surface area contributed by atoms with Crippen LogP contribution in [0, 0.1) is 0 Å². The number of anilines is 1. The maximum absolute atomic E-state index is 12.2. The Morgan fingerprint density at radius 3 is 2.63 bits per heavy atom. The van der Waals surface area contributed by atoms with E-state index in [2.05, 4.69) is 15.5 Å². The molecule has 0 spiro atoms. The standard InChI is InChI=1S/C19H18Cl2N4OS/c1-25(2)15-6-3-12(4-7-15)11-22-24-19-23-18(26)17(27-19)10-13-9-14(20)5-8-16(13)21/h3-9,11,17H,10H2,1-2H3,(H,23,24,26)/b22-11-. The van der Waals surface area contributed by atoms with Crippen LogP contribution >= 0.6 is 35.0 Å². The lowest BCUT2D eigenvalue weighted by Crippen LogP contribution is -2.26. The van der Waals surface area contributed by atoms with Crippen molar-refractivity contribution in [2.24, 2.45) is 10.2 Å². The summed E-state index contributed by atoms with van der Waals surface area (Å²) in [6, 6.07) is 13.2. The third-order valence-electron chi connectivity index (χ3n) is 3.95. The first-order valence-corrected chi connectivity index (χ1v) is 9.86. The second kappa shape index (κ2) is 8.78. The molecular weight excluding hydrogens is 403 g/mol. The molecule has 1 aliphatic heterocycles. The van der Waals surface area contributed by atoms with Gasteiger partial charge in [0, 0.05) is 29.8 Å². The smallest absolute Gasteiger partial charge is 0.239 e. The Hall–Kier alpha value is -2.02. The van der Waals surface area contributed by atoms with Crippen LogP contribution < -0.4 is 10.2 Å². The summed E-state index contributed by atoms with van der Waals surface area (Å²) < 4.78 is 0. The molecular formula is C19H18Cl2N4OS. The van der Waals surface area contributed by atoms with Gasteiger partial charge in [-0.15, -0.1) is 5.10 Å². The fourth-order valence-electron chi connectivity index (χ4n) is 2.49. The van der Waals surface area contributed by atoms with Crippen LogP contribution in [0.4, 0.5) is 5.69 Å². The molecule has 1 amide bonds. The molecule has 5 nitrogen and oxygen atoms in total. The zero-order valence-corrected chi connectivity index (χ0v) is 17.1. The van der Waals surface area contributed by atoms with Crippen LogP contribution in [0.2, 0.25) is 10.0 Å². The lowest BCUT2D eigenvalue weighted by Gasteiger charge is -2.11. The van der Waals surface area contributed by atoms with Crippen molar-refractivity contribution in [3.8, 4) is 0 Å². The fourth-order valence-corrected chi connectivity index (χ4v) is 3.83. The monoisotopic (exact) mass is 420 g/mol. The van der Waals surface area contributed by atoms with Crippen molar-refractivity contribution < 1.29 is 4.79 Å². The van der Waals surface area contributed by atoms with Gasteiger partial charge in [-0.1, -0.05) is 47.1 Å². The molecule has 1 N–H and O–H groups in total. The van der Waals surface area contributed by atoms with E-state index in [-0.39, 0.29) is 11.2 Å². The summed E-state index contributed by atoms with van der Waals surface area (Å²) in [5.74, 6) is -0.111. The molecule has 3 rings (SSSR count). The zero-order valence-electron chi connectivity index (χ0n) is 14.8. The molecule has 1 saturated heterocycles. The summed E-state index contributed by atoms with van der Waals surface area (Å²) in [4.78, 5) is 14.2. The average Bonchev–Trinajstić information content (AvgIpc) is 2.98. The molecule has 27 heavy (non-hydrogen) atoms. The van der Waals surface area contributed by atoms with Crippen molar-refractivity contribution in [2.45, 2.75) is 11.7 Å². The number of hydrogen-bond acceptors (Lipinski definition) is 5. The van der Waals surface area contributed by atoms with Gasteiger partial charge >= 0.3 is 0 Å². The zero-order chi connectivity index (χ0) is 19.4. The van der Waals surface area contributed by atoms with Gasteiger partial charge in [-0.25, -0.2) is 0 Å². The molecule has 1 aliphatic rings. The van der Waals surface area contributed by atoms with Crippen LogP contribution in [0.1, 0.15) is 11.1 Å². The highest BCUT2D eigenvalue weighted by Crippen LogP contribution is 2.28. The molecule has 0 saturated carbocycles. The average molecular weight is 421 g/mol. The first kappa shape index (κ1) is 19.7. The van der Waals surface area contributed by atoms with E-state index in [1.54, 1.807) is 24.4 Å². The van der Waals surface area contributed by atoms with E-state index in [0.717, 1.165) is 16.8 Å². The highest BCUT2D eigenvalue weighted by Gasteiger charge is 2.31. The molecule has 8 heteroatoms. The number of hydrogen-bond donors (Lipinski definition) is 1. The molecule has 2 aromatic rings. The summed E-state index contributed by atoms with van der Waals surface area (Å²) in [6.07, 6.45) is 2.13. The Bertz CT molecular complexity index is 897. The Balaban J connectivity index is 1.63. The third-order valence-corrected chi connectivity index (χ3v) is 5.63. The molecule has 0 bridgehead atoms. The number of amides is 1. The second-order valence-corrected chi connectivity index (χ2v) is 8.21. The van der Waals surface area contributed by atoms with E-state index in [9.17, 15) is 4.79 Å². The number of nitrogens with one attached hydrogen (secondary N) is 1. The van der Waals surface area contributed by atoms with Crippen molar-refractivity contribution >= 4 is 57.9 Å². The minimum absolute atomic E-state index is 0.111. The van der Waals surface area contributed by atoms with E-state index in [1.165, 1.54) is 11.8 Å². The van der Waals surface area contributed by atoms with E-state index in [1.807, 2.05) is 43.3 Å². The lowest BCUT2D eigenvalue weighted by atomic mass is 10.1. The third kappa shape index (κ3) is 5.25. The van der Waals surface area contributed by atoms with Gasteiger partial charge in [0.05, 0.1) is 11.5 Å². The number of carbonyl (C=O) groups is 1. The molecule has 0 aromatic heterocycles. The first-order chi connectivity index (χ1) is 12.9. The summed E-state index contributed by atoms with van der Waals surface area (Å²) in [6.45, 7) is 0. The maximum Gasteiger partial charge on any atom is 0.239 e. The molecule has 1 unspecified atom stereocenters. The van der Waals surface area contributed by atoms with Crippen LogP contribution in [0.3, 0.4) is 0 Å². The van der Waals surface area contributed by atoms with Gasteiger partial charge in [-0.05, 0) is 47.9 Å². The number of benzene rings is 2. The molecule has 140 valence electrons. The van der Waals surface area contributed by atoms with Crippen molar-refractivity contribution in [3.05, 3.63) is 63.6 Å². The first-order valence-electron chi connectivity index (χ1n) is 8.22. The van der Waals surface area contributed by atoms with E-state index < -0.39 is 0 Å².